The zero-order valence-corrected chi connectivity index (χ0v) is 11.3. The first-order valence-electron chi connectivity index (χ1n) is 7.47. The van der Waals surface area contributed by atoms with Gasteiger partial charge in [-0.15, -0.1) is 0 Å². The first kappa shape index (κ1) is 13.3. The third kappa shape index (κ3) is 3.94. The van der Waals surface area contributed by atoms with Gasteiger partial charge < -0.3 is 10.1 Å². The van der Waals surface area contributed by atoms with E-state index in [1.807, 2.05) is 0 Å². The van der Waals surface area contributed by atoms with Crippen molar-refractivity contribution in [3.8, 4) is 0 Å². The lowest BCUT2D eigenvalue weighted by atomic mass is 10.0. The van der Waals surface area contributed by atoms with Crippen molar-refractivity contribution in [1.82, 2.24) is 10.2 Å². The molecule has 2 fully saturated rings. The van der Waals surface area contributed by atoms with E-state index in [-0.39, 0.29) is 0 Å². The van der Waals surface area contributed by atoms with Crippen molar-refractivity contribution in [2.75, 3.05) is 32.8 Å². The molecule has 3 heteroatoms. The van der Waals surface area contributed by atoms with Gasteiger partial charge in [0.2, 0.25) is 0 Å². The van der Waals surface area contributed by atoms with Gasteiger partial charge in [0.1, 0.15) is 0 Å². The second kappa shape index (κ2) is 7.34. The summed E-state index contributed by atoms with van der Waals surface area (Å²) in [6, 6.07) is 1.54. The smallest absolute Gasteiger partial charge is 0.0593 e. The van der Waals surface area contributed by atoms with E-state index < -0.39 is 0 Å². The van der Waals surface area contributed by atoms with Gasteiger partial charge in [-0.1, -0.05) is 13.3 Å². The molecule has 2 unspecified atom stereocenters. The SMILES string of the molecule is CCCCOCCN1CCCC1C1CCCN1. The number of nitrogens with one attached hydrogen (secondary N) is 1. The van der Waals surface area contributed by atoms with Crippen LogP contribution in [0.25, 0.3) is 0 Å². The Balaban J connectivity index is 1.64. The van der Waals surface area contributed by atoms with Gasteiger partial charge in [-0.05, 0) is 45.2 Å². The number of rotatable bonds is 7. The lowest BCUT2D eigenvalue weighted by Gasteiger charge is -2.29. The first-order chi connectivity index (χ1) is 8.42. The summed E-state index contributed by atoms with van der Waals surface area (Å²) in [6.45, 7) is 7.71. The third-order valence-electron chi connectivity index (χ3n) is 4.14. The number of likely N-dealkylation sites (tertiary alicyclic amines) is 1. The van der Waals surface area contributed by atoms with Crippen molar-refractivity contribution in [3.63, 3.8) is 0 Å². The predicted octanol–water partition coefficient (Wildman–Crippen LogP) is 2.02. The van der Waals surface area contributed by atoms with Crippen molar-refractivity contribution >= 4 is 0 Å². The van der Waals surface area contributed by atoms with Crippen LogP contribution in [0.5, 0.6) is 0 Å². The Morgan fingerprint density at radius 3 is 2.94 bits per heavy atom. The van der Waals surface area contributed by atoms with Crippen LogP contribution in [0.4, 0.5) is 0 Å². The van der Waals surface area contributed by atoms with E-state index in [9.17, 15) is 0 Å². The van der Waals surface area contributed by atoms with E-state index in [0.717, 1.165) is 31.8 Å². The van der Waals surface area contributed by atoms with Crippen molar-refractivity contribution in [2.45, 2.75) is 57.5 Å². The van der Waals surface area contributed by atoms with Crippen LogP contribution < -0.4 is 5.32 Å². The van der Waals surface area contributed by atoms with Crippen LogP contribution >= 0.6 is 0 Å². The first-order valence-corrected chi connectivity index (χ1v) is 7.47. The monoisotopic (exact) mass is 240 g/mol. The van der Waals surface area contributed by atoms with Crippen LogP contribution in [0, 0.1) is 0 Å². The molecule has 0 saturated carbocycles. The zero-order valence-electron chi connectivity index (χ0n) is 11.3. The van der Waals surface area contributed by atoms with Gasteiger partial charge in [0, 0.05) is 25.2 Å². The highest BCUT2D eigenvalue weighted by atomic mass is 16.5. The molecular formula is C14H28N2O. The molecule has 2 aliphatic rings. The minimum absolute atomic E-state index is 0.758. The van der Waals surface area contributed by atoms with Gasteiger partial charge in [0.15, 0.2) is 0 Å². The van der Waals surface area contributed by atoms with Crippen molar-refractivity contribution in [3.05, 3.63) is 0 Å². The molecule has 0 bridgehead atoms. The van der Waals surface area contributed by atoms with Gasteiger partial charge >= 0.3 is 0 Å². The minimum atomic E-state index is 0.758. The summed E-state index contributed by atoms with van der Waals surface area (Å²) in [7, 11) is 0. The van der Waals surface area contributed by atoms with Crippen molar-refractivity contribution in [2.24, 2.45) is 0 Å². The molecule has 0 amide bonds. The van der Waals surface area contributed by atoms with E-state index in [1.165, 1.54) is 51.6 Å². The second-order valence-electron chi connectivity index (χ2n) is 5.41. The van der Waals surface area contributed by atoms with Crippen molar-refractivity contribution in [1.29, 1.82) is 0 Å². The molecule has 2 atom stereocenters. The molecular weight excluding hydrogens is 212 g/mol. The molecule has 0 spiro atoms. The molecule has 0 radical (unpaired) electrons. The molecule has 0 aromatic carbocycles. The zero-order chi connectivity index (χ0) is 11.9. The number of hydrogen-bond donors (Lipinski definition) is 1. The fourth-order valence-corrected chi connectivity index (χ4v) is 3.16. The molecule has 2 aliphatic heterocycles. The van der Waals surface area contributed by atoms with Gasteiger partial charge in [0.05, 0.1) is 6.61 Å². The molecule has 100 valence electrons. The van der Waals surface area contributed by atoms with Crippen LogP contribution in [0.3, 0.4) is 0 Å². The van der Waals surface area contributed by atoms with E-state index in [4.69, 9.17) is 4.74 Å². The lowest BCUT2D eigenvalue weighted by molar-refractivity contribution is 0.0919. The Labute approximate surface area is 106 Å². The van der Waals surface area contributed by atoms with Crippen LogP contribution in [-0.2, 0) is 4.74 Å². The molecule has 2 rings (SSSR count). The quantitative estimate of drug-likeness (QED) is 0.689. The summed E-state index contributed by atoms with van der Waals surface area (Å²) in [4.78, 5) is 2.65. The molecule has 17 heavy (non-hydrogen) atoms. The highest BCUT2D eigenvalue weighted by Gasteiger charge is 2.32. The van der Waals surface area contributed by atoms with E-state index in [0.29, 0.717) is 0 Å². The number of hydrogen-bond acceptors (Lipinski definition) is 3. The van der Waals surface area contributed by atoms with Gasteiger partial charge in [-0.25, -0.2) is 0 Å². The average molecular weight is 240 g/mol. The molecule has 1 N–H and O–H groups in total. The number of ether oxygens (including phenoxy) is 1. The third-order valence-corrected chi connectivity index (χ3v) is 4.14. The second-order valence-corrected chi connectivity index (χ2v) is 5.41. The Bertz CT molecular complexity index is 204. The van der Waals surface area contributed by atoms with Crippen LogP contribution in [-0.4, -0.2) is 49.8 Å². The van der Waals surface area contributed by atoms with E-state index in [1.54, 1.807) is 0 Å². The molecule has 2 saturated heterocycles. The maximum absolute atomic E-state index is 5.68. The fourth-order valence-electron chi connectivity index (χ4n) is 3.16. The van der Waals surface area contributed by atoms with E-state index in [2.05, 4.69) is 17.1 Å². The van der Waals surface area contributed by atoms with E-state index >= 15 is 0 Å². The maximum Gasteiger partial charge on any atom is 0.0593 e. The molecule has 2 heterocycles. The number of nitrogens with zero attached hydrogens (tertiary/aromatic N) is 1. The number of unbranched alkanes of at least 4 members (excludes halogenated alkanes) is 1. The largest absolute Gasteiger partial charge is 0.380 e. The summed E-state index contributed by atoms with van der Waals surface area (Å²) in [5.41, 5.74) is 0. The average Bonchev–Trinajstić information content (AvgIpc) is 2.98. The maximum atomic E-state index is 5.68. The topological polar surface area (TPSA) is 24.5 Å². The molecule has 3 nitrogen and oxygen atoms in total. The van der Waals surface area contributed by atoms with Crippen LogP contribution in [0.2, 0.25) is 0 Å². The Hall–Kier alpha value is -0.120. The molecule has 0 aromatic heterocycles. The molecule has 0 aliphatic carbocycles. The van der Waals surface area contributed by atoms with Gasteiger partial charge in [-0.2, -0.15) is 0 Å². The van der Waals surface area contributed by atoms with Gasteiger partial charge in [0.25, 0.3) is 0 Å². The summed E-state index contributed by atoms with van der Waals surface area (Å²) in [5, 5.41) is 3.66. The standard InChI is InChI=1S/C14H28N2O/c1-2-3-11-17-12-10-16-9-5-7-14(16)13-6-4-8-15-13/h13-15H,2-12H2,1H3. The summed E-state index contributed by atoms with van der Waals surface area (Å²) >= 11 is 0. The summed E-state index contributed by atoms with van der Waals surface area (Å²) in [6.07, 6.45) is 7.93. The highest BCUT2D eigenvalue weighted by molar-refractivity contribution is 4.91. The van der Waals surface area contributed by atoms with Crippen LogP contribution in [0.15, 0.2) is 0 Å². The Morgan fingerprint density at radius 2 is 2.18 bits per heavy atom. The lowest BCUT2D eigenvalue weighted by Crippen LogP contribution is -2.45. The van der Waals surface area contributed by atoms with Crippen molar-refractivity contribution < 1.29 is 4.74 Å². The Morgan fingerprint density at radius 1 is 1.24 bits per heavy atom. The Kier molecular flexibility index (Phi) is 5.75. The molecule has 0 aromatic rings. The summed E-state index contributed by atoms with van der Waals surface area (Å²) < 4.78 is 5.68. The highest BCUT2D eigenvalue weighted by Crippen LogP contribution is 2.24. The summed E-state index contributed by atoms with van der Waals surface area (Å²) in [5.74, 6) is 0. The van der Waals surface area contributed by atoms with Gasteiger partial charge in [-0.3, -0.25) is 4.90 Å². The van der Waals surface area contributed by atoms with Crippen LogP contribution in [0.1, 0.15) is 45.4 Å². The predicted molar refractivity (Wildman–Crippen MR) is 71.3 cm³/mol. The normalized spacial score (nSPS) is 30.2. The fraction of sp³-hybridized carbons (Fsp3) is 1.00. The minimum Gasteiger partial charge on any atom is -0.380 e.